The largest absolute Gasteiger partial charge is 0.483 e. The van der Waals surface area contributed by atoms with Gasteiger partial charge in [-0.05, 0) is 37.8 Å². The number of ether oxygens (including phenoxy) is 1. The van der Waals surface area contributed by atoms with Crippen molar-refractivity contribution in [1.29, 1.82) is 0 Å². The highest BCUT2D eigenvalue weighted by atomic mass is 35.5. The van der Waals surface area contributed by atoms with Gasteiger partial charge in [-0.2, -0.15) is 0 Å². The Labute approximate surface area is 111 Å². The van der Waals surface area contributed by atoms with Crippen LogP contribution in [0.4, 0.5) is 0 Å². The van der Waals surface area contributed by atoms with Gasteiger partial charge >= 0.3 is 0 Å². The zero-order chi connectivity index (χ0) is 12.3. The van der Waals surface area contributed by atoms with E-state index >= 15 is 0 Å². The summed E-state index contributed by atoms with van der Waals surface area (Å²) in [6.07, 6.45) is 5.10. The third-order valence-corrected chi connectivity index (χ3v) is 4.10. The van der Waals surface area contributed by atoms with Crippen molar-refractivity contribution in [2.45, 2.75) is 37.7 Å². The summed E-state index contributed by atoms with van der Waals surface area (Å²) in [5.74, 6) is 0.565. The fourth-order valence-corrected chi connectivity index (χ4v) is 2.62. The highest BCUT2D eigenvalue weighted by Crippen LogP contribution is 2.38. The van der Waals surface area contributed by atoms with Gasteiger partial charge in [0.05, 0.1) is 11.6 Å². The second-order valence-corrected chi connectivity index (χ2v) is 5.34. The van der Waals surface area contributed by atoms with E-state index in [0.717, 1.165) is 25.7 Å². The lowest BCUT2D eigenvalue weighted by molar-refractivity contribution is -0.0197. The van der Waals surface area contributed by atoms with E-state index in [-0.39, 0.29) is 6.61 Å². The maximum atomic E-state index is 9.56. The summed E-state index contributed by atoms with van der Waals surface area (Å²) in [7, 11) is 0. The lowest BCUT2D eigenvalue weighted by Crippen LogP contribution is -2.42. The molecule has 17 heavy (non-hydrogen) atoms. The molecule has 0 unspecified atom stereocenters. The molecule has 0 atom stereocenters. The zero-order valence-corrected chi connectivity index (χ0v) is 11.1. The summed E-state index contributed by atoms with van der Waals surface area (Å²) in [6.45, 7) is 0.0237. The van der Waals surface area contributed by atoms with Crippen molar-refractivity contribution in [3.8, 4) is 5.75 Å². The average molecular weight is 275 g/mol. The minimum atomic E-state index is -0.480. The van der Waals surface area contributed by atoms with Crippen LogP contribution < -0.4 is 4.74 Å². The molecule has 1 fully saturated rings. The van der Waals surface area contributed by atoms with Crippen LogP contribution in [0.15, 0.2) is 18.2 Å². The van der Waals surface area contributed by atoms with Gasteiger partial charge in [-0.15, -0.1) is 0 Å². The monoisotopic (exact) mass is 274 g/mol. The number of rotatable bonds is 3. The molecule has 1 aromatic carbocycles. The molecule has 94 valence electrons. The van der Waals surface area contributed by atoms with Gasteiger partial charge < -0.3 is 9.84 Å². The molecule has 1 N–H and O–H groups in total. The predicted molar refractivity (Wildman–Crippen MR) is 70.0 cm³/mol. The smallest absolute Gasteiger partial charge is 0.140 e. The summed E-state index contributed by atoms with van der Waals surface area (Å²) >= 11 is 12.0. The van der Waals surface area contributed by atoms with E-state index in [4.69, 9.17) is 27.9 Å². The Kier molecular flexibility index (Phi) is 4.18. The fraction of sp³-hybridized carbons (Fsp3) is 0.538. The van der Waals surface area contributed by atoms with Crippen LogP contribution in [0.3, 0.4) is 0 Å². The minimum Gasteiger partial charge on any atom is -0.483 e. The van der Waals surface area contributed by atoms with Crippen LogP contribution in [0.5, 0.6) is 5.75 Å². The number of hydrogen-bond acceptors (Lipinski definition) is 2. The van der Waals surface area contributed by atoms with Gasteiger partial charge in [-0.1, -0.05) is 35.7 Å². The molecule has 1 aliphatic carbocycles. The van der Waals surface area contributed by atoms with Gasteiger partial charge in [0, 0.05) is 0 Å². The lowest BCUT2D eigenvalue weighted by atomic mass is 9.85. The van der Waals surface area contributed by atoms with Crippen LogP contribution in [-0.4, -0.2) is 17.3 Å². The molecule has 0 saturated heterocycles. The Bertz CT molecular complexity index is 387. The topological polar surface area (TPSA) is 29.5 Å². The number of aliphatic hydroxyl groups is 1. The van der Waals surface area contributed by atoms with Crippen LogP contribution in [0, 0.1) is 0 Å². The molecule has 1 aliphatic rings. The van der Waals surface area contributed by atoms with Crippen molar-refractivity contribution >= 4 is 23.2 Å². The molecule has 0 heterocycles. The number of hydrogen-bond donors (Lipinski definition) is 1. The van der Waals surface area contributed by atoms with E-state index in [1.54, 1.807) is 18.2 Å². The van der Waals surface area contributed by atoms with Gasteiger partial charge in [0.25, 0.3) is 0 Å². The Balaban J connectivity index is 2.20. The molecule has 0 amide bonds. The van der Waals surface area contributed by atoms with Gasteiger partial charge in [-0.3, -0.25) is 0 Å². The van der Waals surface area contributed by atoms with E-state index in [9.17, 15) is 5.11 Å². The van der Waals surface area contributed by atoms with Crippen LogP contribution in [-0.2, 0) is 0 Å². The molecule has 4 heteroatoms. The molecule has 0 bridgehead atoms. The summed E-state index contributed by atoms with van der Waals surface area (Å²) < 4.78 is 5.94. The molecule has 0 aromatic heterocycles. The van der Waals surface area contributed by atoms with E-state index in [1.807, 2.05) is 0 Å². The minimum absolute atomic E-state index is 0.0237. The predicted octanol–water partition coefficient (Wildman–Crippen LogP) is 4.07. The van der Waals surface area contributed by atoms with E-state index in [1.165, 1.54) is 6.42 Å². The van der Waals surface area contributed by atoms with E-state index in [0.29, 0.717) is 15.8 Å². The summed E-state index contributed by atoms with van der Waals surface area (Å²) in [5, 5.41) is 10.5. The Morgan fingerprint density at radius 2 is 1.88 bits per heavy atom. The summed E-state index contributed by atoms with van der Waals surface area (Å²) in [6, 6.07) is 5.32. The Morgan fingerprint density at radius 3 is 2.53 bits per heavy atom. The van der Waals surface area contributed by atoms with Crippen molar-refractivity contribution in [2.24, 2.45) is 0 Å². The van der Waals surface area contributed by atoms with Crippen LogP contribution in [0.2, 0.25) is 10.0 Å². The van der Waals surface area contributed by atoms with Gasteiger partial charge in [0.2, 0.25) is 0 Å². The van der Waals surface area contributed by atoms with Crippen molar-refractivity contribution in [1.82, 2.24) is 0 Å². The molecule has 0 aliphatic heterocycles. The molecular weight excluding hydrogens is 259 g/mol. The van der Waals surface area contributed by atoms with Crippen molar-refractivity contribution in [2.75, 3.05) is 6.61 Å². The number of aliphatic hydroxyl groups excluding tert-OH is 1. The molecule has 0 spiro atoms. The van der Waals surface area contributed by atoms with E-state index in [2.05, 4.69) is 0 Å². The molecule has 0 radical (unpaired) electrons. The Hall–Kier alpha value is -0.440. The van der Waals surface area contributed by atoms with Gasteiger partial charge in [0.15, 0.2) is 0 Å². The van der Waals surface area contributed by atoms with Gasteiger partial charge in [0.1, 0.15) is 16.4 Å². The second-order valence-electron chi connectivity index (χ2n) is 4.56. The standard InChI is InChI=1S/C13H16Cl2O2/c14-10-5-4-6-11(12(10)15)17-13(9-16)7-2-1-3-8-13/h4-6,16H,1-3,7-9H2. The average Bonchev–Trinajstić information content (AvgIpc) is 2.36. The SMILES string of the molecule is OCC1(Oc2cccc(Cl)c2Cl)CCCCC1. The lowest BCUT2D eigenvalue weighted by Gasteiger charge is -2.36. The Morgan fingerprint density at radius 1 is 1.18 bits per heavy atom. The summed E-state index contributed by atoms with van der Waals surface area (Å²) in [4.78, 5) is 0. The quantitative estimate of drug-likeness (QED) is 0.901. The fourth-order valence-electron chi connectivity index (χ4n) is 2.28. The highest BCUT2D eigenvalue weighted by molar-refractivity contribution is 6.42. The van der Waals surface area contributed by atoms with Crippen LogP contribution in [0.1, 0.15) is 32.1 Å². The zero-order valence-electron chi connectivity index (χ0n) is 9.59. The van der Waals surface area contributed by atoms with Crippen molar-refractivity contribution in [3.05, 3.63) is 28.2 Å². The van der Waals surface area contributed by atoms with Crippen molar-refractivity contribution in [3.63, 3.8) is 0 Å². The number of benzene rings is 1. The van der Waals surface area contributed by atoms with Crippen LogP contribution in [0.25, 0.3) is 0 Å². The molecule has 1 saturated carbocycles. The number of halogens is 2. The highest BCUT2D eigenvalue weighted by Gasteiger charge is 2.34. The first-order valence-corrected chi connectivity index (χ1v) is 6.66. The van der Waals surface area contributed by atoms with E-state index < -0.39 is 5.60 Å². The third-order valence-electron chi connectivity index (χ3n) is 3.30. The third kappa shape index (κ3) is 2.87. The first-order valence-electron chi connectivity index (χ1n) is 5.91. The van der Waals surface area contributed by atoms with Crippen LogP contribution >= 0.6 is 23.2 Å². The summed E-state index contributed by atoms with van der Waals surface area (Å²) in [5.41, 5.74) is -0.480. The molecule has 1 aromatic rings. The van der Waals surface area contributed by atoms with Gasteiger partial charge in [-0.25, -0.2) is 0 Å². The maximum Gasteiger partial charge on any atom is 0.140 e. The molecule has 2 nitrogen and oxygen atoms in total. The molecule has 2 rings (SSSR count). The van der Waals surface area contributed by atoms with Crippen molar-refractivity contribution < 1.29 is 9.84 Å². The maximum absolute atomic E-state index is 9.56. The second kappa shape index (κ2) is 5.47. The first kappa shape index (κ1) is 13.0. The normalized spacial score (nSPS) is 19.0. The first-order chi connectivity index (χ1) is 8.17. The molecular formula is C13H16Cl2O2.